The number of hydrogen-bond donors (Lipinski definition) is 1. The molecule has 182 valence electrons. The molecule has 0 bridgehead atoms. The van der Waals surface area contributed by atoms with Crippen LogP contribution in [0.15, 0.2) is 12.3 Å². The van der Waals surface area contributed by atoms with Gasteiger partial charge in [-0.3, -0.25) is 9.69 Å². The highest BCUT2D eigenvalue weighted by Crippen LogP contribution is 2.32. The van der Waals surface area contributed by atoms with E-state index in [-0.39, 0.29) is 12.0 Å². The summed E-state index contributed by atoms with van der Waals surface area (Å²) in [5.74, 6) is 3.04. The van der Waals surface area contributed by atoms with E-state index >= 15 is 0 Å². The molecule has 0 aromatic carbocycles. The van der Waals surface area contributed by atoms with Gasteiger partial charge in [0, 0.05) is 50.4 Å². The zero-order valence-corrected chi connectivity index (χ0v) is 19.7. The van der Waals surface area contributed by atoms with Crippen LogP contribution in [0.1, 0.15) is 44.1 Å². The number of ether oxygens (including phenoxy) is 3. The summed E-state index contributed by atoms with van der Waals surface area (Å²) < 4.78 is 16.7. The smallest absolute Gasteiger partial charge is 0.222 e. The Kier molecular flexibility index (Phi) is 7.64. The Morgan fingerprint density at radius 2 is 1.94 bits per heavy atom. The number of hydrogen-bond acceptors (Lipinski definition) is 7. The molecule has 5 rings (SSSR count). The highest BCUT2D eigenvalue weighted by atomic mass is 16.6. The molecule has 4 heterocycles. The summed E-state index contributed by atoms with van der Waals surface area (Å²) in [6, 6.07) is 2.31. The molecule has 1 saturated carbocycles. The molecule has 1 amide bonds. The monoisotopic (exact) mass is 458 g/mol. The highest BCUT2D eigenvalue weighted by molar-refractivity contribution is 5.76. The quantitative estimate of drug-likeness (QED) is 0.670. The van der Waals surface area contributed by atoms with Crippen LogP contribution in [0.4, 0.5) is 5.82 Å². The number of piperazine rings is 1. The van der Waals surface area contributed by atoms with Crippen LogP contribution in [-0.2, 0) is 20.7 Å². The Hall–Kier alpha value is -1.90. The topological polar surface area (TPSA) is 76.2 Å². The van der Waals surface area contributed by atoms with Gasteiger partial charge in [0.05, 0.1) is 39.0 Å². The summed E-state index contributed by atoms with van der Waals surface area (Å²) in [4.78, 5) is 22.0. The summed E-state index contributed by atoms with van der Waals surface area (Å²) in [6.07, 6.45) is 9.08. The SMILES string of the molecule is O=C(C[C@H]1COCCO1)NC1CCC(CCN2CCN(c3nccc4c3CCO4)CC2)CC1. The number of pyridine rings is 1. The molecule has 4 aliphatic rings. The lowest BCUT2D eigenvalue weighted by atomic mass is 9.84. The number of carbonyl (C=O) groups is 1. The molecule has 1 N–H and O–H groups in total. The van der Waals surface area contributed by atoms with Crippen LogP contribution >= 0.6 is 0 Å². The maximum atomic E-state index is 12.3. The van der Waals surface area contributed by atoms with Crippen LogP contribution in [0.3, 0.4) is 0 Å². The maximum Gasteiger partial charge on any atom is 0.222 e. The first-order valence-corrected chi connectivity index (χ1v) is 12.8. The van der Waals surface area contributed by atoms with Crippen LogP contribution < -0.4 is 15.0 Å². The first-order valence-electron chi connectivity index (χ1n) is 12.8. The molecule has 8 nitrogen and oxygen atoms in total. The van der Waals surface area contributed by atoms with Gasteiger partial charge in [-0.25, -0.2) is 4.98 Å². The lowest BCUT2D eigenvalue weighted by molar-refractivity contribution is -0.132. The Balaban J connectivity index is 0.980. The van der Waals surface area contributed by atoms with Crippen molar-refractivity contribution >= 4 is 11.7 Å². The van der Waals surface area contributed by atoms with E-state index in [1.807, 2.05) is 12.3 Å². The fourth-order valence-electron chi connectivity index (χ4n) is 5.66. The van der Waals surface area contributed by atoms with Gasteiger partial charge in [-0.1, -0.05) is 0 Å². The summed E-state index contributed by atoms with van der Waals surface area (Å²) in [6.45, 7) is 8.01. The minimum Gasteiger partial charge on any atom is -0.493 e. The van der Waals surface area contributed by atoms with Crippen molar-refractivity contribution in [2.45, 2.75) is 57.1 Å². The van der Waals surface area contributed by atoms with Crippen molar-refractivity contribution in [3.8, 4) is 5.75 Å². The predicted octanol–water partition coefficient (Wildman–Crippen LogP) is 2.01. The van der Waals surface area contributed by atoms with E-state index in [0.717, 1.165) is 69.5 Å². The molecule has 33 heavy (non-hydrogen) atoms. The Morgan fingerprint density at radius 3 is 2.73 bits per heavy atom. The lowest BCUT2D eigenvalue weighted by Gasteiger charge is -2.37. The van der Waals surface area contributed by atoms with Gasteiger partial charge < -0.3 is 24.4 Å². The number of nitrogens with one attached hydrogen (secondary N) is 1. The third-order valence-corrected chi connectivity index (χ3v) is 7.64. The standard InChI is InChI=1S/C25H38N4O4/c30-24(17-21-18-31-15-16-32-21)27-20-3-1-19(2-4-20)6-9-28-10-12-29(13-11-28)25-22-7-14-33-23(22)5-8-26-25/h5,8,19-21H,1-4,6-7,9-18H2,(H,27,30)/t19?,20?,21-/m0/s1. The first kappa shape index (κ1) is 22.9. The van der Waals surface area contributed by atoms with Crippen LogP contribution in [0, 0.1) is 5.92 Å². The molecule has 0 radical (unpaired) electrons. The molecular weight excluding hydrogens is 420 g/mol. The number of nitrogens with zero attached hydrogens (tertiary/aromatic N) is 3. The molecule has 3 fully saturated rings. The van der Waals surface area contributed by atoms with E-state index in [9.17, 15) is 4.79 Å². The summed E-state index contributed by atoms with van der Waals surface area (Å²) in [5.41, 5.74) is 1.29. The van der Waals surface area contributed by atoms with Crippen molar-refractivity contribution in [3.05, 3.63) is 17.8 Å². The van der Waals surface area contributed by atoms with Crippen LogP contribution in [0.2, 0.25) is 0 Å². The molecule has 1 aromatic rings. The molecule has 3 aliphatic heterocycles. The van der Waals surface area contributed by atoms with Gasteiger partial charge in [0.2, 0.25) is 5.91 Å². The highest BCUT2D eigenvalue weighted by Gasteiger charge is 2.27. The number of aromatic nitrogens is 1. The number of carbonyl (C=O) groups excluding carboxylic acids is 1. The molecule has 2 saturated heterocycles. The predicted molar refractivity (Wildman–Crippen MR) is 126 cm³/mol. The van der Waals surface area contributed by atoms with Gasteiger partial charge >= 0.3 is 0 Å². The molecule has 1 atom stereocenters. The van der Waals surface area contributed by atoms with Crippen molar-refractivity contribution in [2.75, 3.05) is 64.1 Å². The minimum atomic E-state index is -0.0810. The summed E-state index contributed by atoms with van der Waals surface area (Å²) >= 11 is 0. The van der Waals surface area contributed by atoms with Gasteiger partial charge in [-0.05, 0) is 50.6 Å². The van der Waals surface area contributed by atoms with Gasteiger partial charge in [0.25, 0.3) is 0 Å². The Morgan fingerprint density at radius 1 is 1.09 bits per heavy atom. The van der Waals surface area contributed by atoms with Crippen molar-refractivity contribution in [1.29, 1.82) is 0 Å². The van der Waals surface area contributed by atoms with E-state index in [2.05, 4.69) is 20.1 Å². The van der Waals surface area contributed by atoms with E-state index < -0.39 is 0 Å². The third-order valence-electron chi connectivity index (χ3n) is 7.64. The fourth-order valence-corrected chi connectivity index (χ4v) is 5.66. The molecule has 8 heteroatoms. The summed E-state index contributed by atoms with van der Waals surface area (Å²) in [7, 11) is 0. The average molecular weight is 459 g/mol. The minimum absolute atomic E-state index is 0.0810. The largest absolute Gasteiger partial charge is 0.493 e. The number of amides is 1. The Bertz CT molecular complexity index is 785. The van der Waals surface area contributed by atoms with Crippen molar-refractivity contribution in [2.24, 2.45) is 5.92 Å². The maximum absolute atomic E-state index is 12.3. The second-order valence-electron chi connectivity index (χ2n) is 9.88. The van der Waals surface area contributed by atoms with Gasteiger partial charge in [0.1, 0.15) is 11.6 Å². The van der Waals surface area contributed by atoms with E-state index in [1.54, 1.807) is 0 Å². The van der Waals surface area contributed by atoms with Crippen molar-refractivity contribution < 1.29 is 19.0 Å². The van der Waals surface area contributed by atoms with E-state index in [1.165, 1.54) is 31.4 Å². The zero-order valence-electron chi connectivity index (χ0n) is 19.7. The molecule has 0 spiro atoms. The van der Waals surface area contributed by atoms with Gasteiger partial charge in [0.15, 0.2) is 0 Å². The number of rotatable bonds is 7. The number of anilines is 1. The van der Waals surface area contributed by atoms with E-state index in [0.29, 0.717) is 32.3 Å². The van der Waals surface area contributed by atoms with Crippen LogP contribution in [0.5, 0.6) is 5.75 Å². The van der Waals surface area contributed by atoms with Crippen LogP contribution in [-0.4, -0.2) is 87.1 Å². The lowest BCUT2D eigenvalue weighted by Crippen LogP contribution is -2.47. The van der Waals surface area contributed by atoms with E-state index in [4.69, 9.17) is 14.2 Å². The van der Waals surface area contributed by atoms with Gasteiger partial charge in [-0.15, -0.1) is 0 Å². The molecule has 0 unspecified atom stereocenters. The molecule has 1 aliphatic carbocycles. The summed E-state index contributed by atoms with van der Waals surface area (Å²) in [5, 5.41) is 3.23. The second kappa shape index (κ2) is 11.0. The Labute approximate surface area is 196 Å². The van der Waals surface area contributed by atoms with Crippen molar-refractivity contribution in [3.63, 3.8) is 0 Å². The third kappa shape index (κ3) is 5.97. The van der Waals surface area contributed by atoms with Crippen molar-refractivity contribution in [1.82, 2.24) is 15.2 Å². The second-order valence-corrected chi connectivity index (χ2v) is 9.88. The fraction of sp³-hybridized carbons (Fsp3) is 0.760. The number of fused-ring (bicyclic) bond motifs is 1. The first-order chi connectivity index (χ1) is 16.2. The normalized spacial score (nSPS) is 28.2. The van der Waals surface area contributed by atoms with Crippen LogP contribution in [0.25, 0.3) is 0 Å². The van der Waals surface area contributed by atoms with Gasteiger partial charge in [-0.2, -0.15) is 0 Å². The zero-order chi connectivity index (χ0) is 22.5. The molecular formula is C25H38N4O4. The average Bonchev–Trinajstić information content (AvgIpc) is 3.34. The molecule has 1 aromatic heterocycles.